The van der Waals surface area contributed by atoms with Crippen LogP contribution >= 0.6 is 22.6 Å². The molecule has 3 aromatic rings. The van der Waals surface area contributed by atoms with Crippen LogP contribution in [0.15, 0.2) is 42.7 Å². The van der Waals surface area contributed by atoms with Crippen LogP contribution < -0.4 is 4.72 Å². The van der Waals surface area contributed by atoms with E-state index in [1.54, 1.807) is 12.1 Å². The maximum Gasteiger partial charge on any atom is 0.231 e. The highest BCUT2D eigenvalue weighted by Crippen LogP contribution is 2.24. The van der Waals surface area contributed by atoms with E-state index in [1.807, 2.05) is 24.3 Å². The maximum atomic E-state index is 11.5. The quantitative estimate of drug-likeness (QED) is 0.650. The molecule has 1 aromatic carbocycles. The first-order valence-electron chi connectivity index (χ1n) is 6.71. The van der Waals surface area contributed by atoms with Crippen LogP contribution in [0.25, 0.3) is 22.3 Å². The molecule has 2 heterocycles. The number of anilines is 1. The van der Waals surface area contributed by atoms with Crippen molar-refractivity contribution < 1.29 is 9.79 Å². The van der Waals surface area contributed by atoms with Gasteiger partial charge in [0.05, 0.1) is 17.5 Å². The van der Waals surface area contributed by atoms with Crippen molar-refractivity contribution in [3.05, 3.63) is 46.3 Å². The Morgan fingerprint density at radius 3 is 2.77 bits per heavy atom. The molecule has 1 N–H and O–H groups in total. The number of nitrogens with one attached hydrogen (secondary N) is 1. The Kier molecular flexibility index (Phi) is 3.62. The molecule has 2 aromatic heterocycles. The fourth-order valence-electron chi connectivity index (χ4n) is 1.95. The first-order chi connectivity index (χ1) is 10.8. The normalized spacial score (nSPS) is 12.2. The Morgan fingerprint density at radius 1 is 1.23 bits per heavy atom. The number of hydrogen-bond acceptors (Lipinski definition) is 5. The summed E-state index contributed by atoms with van der Waals surface area (Å²) in [5, 5.41) is 0. The summed E-state index contributed by atoms with van der Waals surface area (Å²) in [6, 6.07) is 11.3. The van der Waals surface area contributed by atoms with Crippen molar-refractivity contribution in [3.8, 4) is 11.3 Å². The molecular weight excluding hydrogens is 415 g/mol. The van der Waals surface area contributed by atoms with E-state index in [-0.39, 0.29) is 12.1 Å². The number of aromatic nitrogens is 3. The predicted molar refractivity (Wildman–Crippen MR) is 94.0 cm³/mol. The Bertz CT molecular complexity index is 1010. The number of rotatable bonds is 3. The van der Waals surface area contributed by atoms with E-state index in [9.17, 15) is 8.42 Å². The minimum Gasteiger partial charge on any atom is -0.266 e. The first-order valence-corrected chi connectivity index (χ1v) is 9.18. The summed E-state index contributed by atoms with van der Waals surface area (Å²) in [6.07, 6.45) is 0.751. The molecule has 0 bridgehead atoms. The van der Waals surface area contributed by atoms with E-state index in [4.69, 9.17) is 1.37 Å². The maximum absolute atomic E-state index is 11.5. The Morgan fingerprint density at radius 2 is 2.05 bits per heavy atom. The van der Waals surface area contributed by atoms with Gasteiger partial charge in [-0.15, -0.1) is 0 Å². The molecule has 0 atom stereocenters. The van der Waals surface area contributed by atoms with Crippen molar-refractivity contribution in [2.24, 2.45) is 0 Å². The molecule has 0 radical (unpaired) electrons. The molecule has 0 spiro atoms. The van der Waals surface area contributed by atoms with Crippen LogP contribution in [-0.4, -0.2) is 29.6 Å². The van der Waals surface area contributed by atoms with E-state index in [0.29, 0.717) is 16.7 Å². The van der Waals surface area contributed by atoms with Crippen molar-refractivity contribution in [1.82, 2.24) is 15.0 Å². The lowest BCUT2D eigenvalue weighted by molar-refractivity contribution is 0.606. The van der Waals surface area contributed by atoms with Crippen LogP contribution in [0.5, 0.6) is 0 Å². The van der Waals surface area contributed by atoms with Gasteiger partial charge in [0, 0.05) is 9.13 Å². The van der Waals surface area contributed by atoms with Gasteiger partial charge in [-0.1, -0.05) is 12.1 Å². The van der Waals surface area contributed by atoms with E-state index < -0.39 is 10.0 Å². The molecule has 0 saturated carbocycles. The highest BCUT2D eigenvalue weighted by molar-refractivity contribution is 14.1. The summed E-state index contributed by atoms with van der Waals surface area (Å²) >= 11 is 2.21. The third kappa shape index (κ3) is 3.33. The monoisotopic (exact) mass is 427 g/mol. The SMILES string of the molecule is [2H]c1nc(NS(C)(=O)=O)c2nc(-c3cccc(I)c3)ccc2n1. The summed E-state index contributed by atoms with van der Waals surface area (Å²) in [7, 11) is -3.53. The van der Waals surface area contributed by atoms with Gasteiger partial charge in [-0.05, 0) is 46.9 Å². The summed E-state index contributed by atoms with van der Waals surface area (Å²) in [5.74, 6) is 0.00924. The lowest BCUT2D eigenvalue weighted by Gasteiger charge is -2.07. The lowest BCUT2D eigenvalue weighted by Crippen LogP contribution is -2.11. The summed E-state index contributed by atoms with van der Waals surface area (Å²) in [4.78, 5) is 12.3. The number of sulfonamides is 1. The standard InChI is InChI=1S/C14H11IN4O2S/c1-22(20,21)19-14-13-12(16-8-17-14)6-5-11(18-13)9-3-2-4-10(15)7-9/h2-8H,1H3,(H,16,17,19)/i8D. The number of pyridine rings is 1. The Balaban J connectivity index is 2.21. The molecule has 3 rings (SSSR count). The van der Waals surface area contributed by atoms with Crippen LogP contribution in [0.3, 0.4) is 0 Å². The van der Waals surface area contributed by atoms with E-state index in [2.05, 4.69) is 42.3 Å². The molecule has 0 aliphatic rings. The Labute approximate surface area is 142 Å². The molecule has 0 saturated heterocycles. The van der Waals surface area contributed by atoms with Crippen LogP contribution in [0.1, 0.15) is 1.37 Å². The van der Waals surface area contributed by atoms with Gasteiger partial charge in [-0.25, -0.2) is 23.4 Å². The zero-order chi connectivity index (χ0) is 16.6. The number of fused-ring (bicyclic) bond motifs is 1. The van der Waals surface area contributed by atoms with Crippen LogP contribution in [0.4, 0.5) is 5.82 Å². The molecule has 0 aliphatic carbocycles. The molecule has 8 heteroatoms. The number of hydrogen-bond donors (Lipinski definition) is 1. The molecule has 22 heavy (non-hydrogen) atoms. The van der Waals surface area contributed by atoms with E-state index in [1.165, 1.54) is 0 Å². The number of nitrogens with zero attached hydrogens (tertiary/aromatic N) is 3. The highest BCUT2D eigenvalue weighted by atomic mass is 127. The van der Waals surface area contributed by atoms with Gasteiger partial charge in [-0.3, -0.25) is 4.72 Å². The topological polar surface area (TPSA) is 84.8 Å². The van der Waals surface area contributed by atoms with Crippen LogP contribution in [0.2, 0.25) is 0 Å². The third-order valence-corrected chi connectivity index (χ3v) is 4.07. The van der Waals surface area contributed by atoms with Crippen molar-refractivity contribution in [2.45, 2.75) is 0 Å². The lowest BCUT2D eigenvalue weighted by atomic mass is 10.1. The molecule has 112 valence electrons. The molecule has 0 amide bonds. The van der Waals surface area contributed by atoms with E-state index in [0.717, 1.165) is 15.4 Å². The number of halogens is 1. The highest BCUT2D eigenvalue weighted by Gasteiger charge is 2.11. The van der Waals surface area contributed by atoms with Gasteiger partial charge in [-0.2, -0.15) is 0 Å². The Hall–Kier alpha value is -1.81. The van der Waals surface area contributed by atoms with E-state index >= 15 is 0 Å². The minimum absolute atomic E-state index is 0.00924. The fourth-order valence-corrected chi connectivity index (χ4v) is 2.99. The fraction of sp³-hybridized carbons (Fsp3) is 0.0714. The van der Waals surface area contributed by atoms with Crippen molar-refractivity contribution in [3.63, 3.8) is 0 Å². The van der Waals surface area contributed by atoms with Crippen LogP contribution in [-0.2, 0) is 10.0 Å². The van der Waals surface area contributed by atoms with Crippen LogP contribution in [0, 0.1) is 3.57 Å². The van der Waals surface area contributed by atoms with Gasteiger partial charge in [0.1, 0.15) is 13.2 Å². The summed E-state index contributed by atoms with van der Waals surface area (Å²) < 4.78 is 33.9. The molecule has 0 aliphatic heterocycles. The van der Waals surface area contributed by atoms with Gasteiger partial charge in [0.25, 0.3) is 0 Å². The minimum atomic E-state index is -3.53. The van der Waals surface area contributed by atoms with Gasteiger partial charge in [0.15, 0.2) is 5.82 Å². The molecule has 0 fully saturated rings. The first kappa shape index (κ1) is 13.8. The molecular formula is C14H11IN4O2S. The molecule has 6 nitrogen and oxygen atoms in total. The third-order valence-electron chi connectivity index (χ3n) is 2.83. The average molecular weight is 427 g/mol. The summed E-state index contributed by atoms with van der Waals surface area (Å²) in [6.45, 7) is 0. The smallest absolute Gasteiger partial charge is 0.231 e. The second kappa shape index (κ2) is 5.76. The van der Waals surface area contributed by atoms with Gasteiger partial charge < -0.3 is 0 Å². The van der Waals surface area contributed by atoms with Gasteiger partial charge in [0.2, 0.25) is 10.0 Å². The average Bonchev–Trinajstić information content (AvgIpc) is 2.45. The predicted octanol–water partition coefficient (Wildman–Crippen LogP) is 2.67. The number of benzene rings is 1. The van der Waals surface area contributed by atoms with Gasteiger partial charge >= 0.3 is 0 Å². The van der Waals surface area contributed by atoms with Crippen molar-refractivity contribution >= 4 is 49.5 Å². The summed E-state index contributed by atoms with van der Waals surface area (Å²) in [5.41, 5.74) is 2.29. The largest absolute Gasteiger partial charge is 0.266 e. The van der Waals surface area contributed by atoms with Crippen molar-refractivity contribution in [2.75, 3.05) is 11.0 Å². The van der Waals surface area contributed by atoms with Crippen molar-refractivity contribution in [1.29, 1.82) is 0 Å². The molecule has 0 unspecified atom stereocenters. The zero-order valence-corrected chi connectivity index (χ0v) is 14.4. The zero-order valence-electron chi connectivity index (χ0n) is 12.4. The second-order valence-electron chi connectivity index (χ2n) is 4.62. The second-order valence-corrected chi connectivity index (χ2v) is 7.62.